The summed E-state index contributed by atoms with van der Waals surface area (Å²) in [5.41, 5.74) is 0.521. The van der Waals surface area contributed by atoms with Gasteiger partial charge in [0.2, 0.25) is 0 Å². The number of nitro groups is 1. The Bertz CT molecular complexity index is 734. The van der Waals surface area contributed by atoms with Crippen LogP contribution in [0.4, 0.5) is 5.69 Å². The normalized spacial score (nSPS) is 9.67. The lowest BCUT2D eigenvalue weighted by molar-refractivity contribution is -0.385. The Kier molecular flexibility index (Phi) is 4.26. The first-order valence-corrected chi connectivity index (χ1v) is 6.02. The molecule has 0 spiro atoms. The predicted octanol–water partition coefficient (Wildman–Crippen LogP) is 2.82. The van der Waals surface area contributed by atoms with Gasteiger partial charge in [0.05, 0.1) is 16.6 Å². The van der Waals surface area contributed by atoms with Gasteiger partial charge in [-0.1, -0.05) is 30.3 Å². The zero-order valence-corrected chi connectivity index (χ0v) is 10.9. The second kappa shape index (κ2) is 6.30. The smallest absolute Gasteiger partial charge is 0.345 e. The standard InChI is InChI=1S/C15H10N2O4/c16-9-11-5-1-2-6-12(11)10-21-15(18)13-7-3-4-8-14(13)17(19)20/h1-8H,10H2. The minimum Gasteiger partial charge on any atom is -0.457 e. The lowest BCUT2D eigenvalue weighted by Gasteiger charge is -2.06. The summed E-state index contributed by atoms with van der Waals surface area (Å²) in [6.07, 6.45) is 0. The second-order valence-corrected chi connectivity index (χ2v) is 4.12. The Morgan fingerprint density at radius 1 is 1.19 bits per heavy atom. The van der Waals surface area contributed by atoms with Gasteiger partial charge in [-0.2, -0.15) is 5.26 Å². The van der Waals surface area contributed by atoms with Crippen molar-refractivity contribution >= 4 is 11.7 Å². The molecule has 0 heterocycles. The van der Waals surface area contributed by atoms with Crippen molar-refractivity contribution in [2.45, 2.75) is 6.61 Å². The first-order valence-electron chi connectivity index (χ1n) is 6.02. The summed E-state index contributed by atoms with van der Waals surface area (Å²) < 4.78 is 5.05. The molecule has 0 atom stereocenters. The number of hydrogen-bond donors (Lipinski definition) is 0. The Hall–Kier alpha value is -3.20. The molecule has 0 fully saturated rings. The number of nitriles is 1. The average Bonchev–Trinajstić information content (AvgIpc) is 2.52. The summed E-state index contributed by atoms with van der Waals surface area (Å²) in [6, 6.07) is 14.2. The van der Waals surface area contributed by atoms with E-state index in [1.54, 1.807) is 24.3 Å². The minimum absolute atomic E-state index is 0.114. The monoisotopic (exact) mass is 282 g/mol. The third kappa shape index (κ3) is 3.22. The van der Waals surface area contributed by atoms with Crippen LogP contribution in [0.1, 0.15) is 21.5 Å². The highest BCUT2D eigenvalue weighted by Crippen LogP contribution is 2.19. The third-order valence-corrected chi connectivity index (χ3v) is 2.82. The quantitative estimate of drug-likeness (QED) is 0.488. The molecule has 2 aromatic carbocycles. The lowest BCUT2D eigenvalue weighted by atomic mass is 10.1. The molecule has 0 unspecified atom stereocenters. The molecule has 0 aliphatic heterocycles. The van der Waals surface area contributed by atoms with Crippen LogP contribution in [0.5, 0.6) is 0 Å². The SMILES string of the molecule is N#Cc1ccccc1COC(=O)c1ccccc1[N+](=O)[O-]. The lowest BCUT2D eigenvalue weighted by Crippen LogP contribution is -2.08. The zero-order valence-electron chi connectivity index (χ0n) is 10.9. The van der Waals surface area contributed by atoms with E-state index in [1.165, 1.54) is 24.3 Å². The van der Waals surface area contributed by atoms with Crippen LogP contribution in [0, 0.1) is 21.4 Å². The Labute approximate surface area is 120 Å². The highest BCUT2D eigenvalue weighted by Gasteiger charge is 2.20. The minimum atomic E-state index is -0.796. The van der Waals surface area contributed by atoms with E-state index in [0.29, 0.717) is 11.1 Å². The van der Waals surface area contributed by atoms with Gasteiger partial charge >= 0.3 is 5.97 Å². The van der Waals surface area contributed by atoms with Gasteiger partial charge in [0.15, 0.2) is 0 Å². The van der Waals surface area contributed by atoms with Crippen LogP contribution < -0.4 is 0 Å². The fraction of sp³-hybridized carbons (Fsp3) is 0.0667. The van der Waals surface area contributed by atoms with Crippen molar-refractivity contribution in [3.8, 4) is 6.07 Å². The maximum atomic E-state index is 11.9. The van der Waals surface area contributed by atoms with Crippen LogP contribution in [0.25, 0.3) is 0 Å². The summed E-state index contributed by atoms with van der Waals surface area (Å²) in [5, 5.41) is 19.8. The summed E-state index contributed by atoms with van der Waals surface area (Å²) >= 11 is 0. The van der Waals surface area contributed by atoms with Crippen molar-refractivity contribution in [2.75, 3.05) is 0 Å². The van der Waals surface area contributed by atoms with E-state index in [-0.39, 0.29) is 17.9 Å². The molecule has 104 valence electrons. The molecule has 0 bridgehead atoms. The highest BCUT2D eigenvalue weighted by molar-refractivity contribution is 5.93. The molecule has 0 radical (unpaired) electrons. The van der Waals surface area contributed by atoms with Crippen LogP contribution >= 0.6 is 0 Å². The molecule has 6 heteroatoms. The van der Waals surface area contributed by atoms with Crippen molar-refractivity contribution in [2.24, 2.45) is 0 Å². The van der Waals surface area contributed by atoms with Gasteiger partial charge in [0.25, 0.3) is 5.69 Å². The third-order valence-electron chi connectivity index (χ3n) is 2.82. The highest BCUT2D eigenvalue weighted by atomic mass is 16.6. The zero-order chi connectivity index (χ0) is 15.2. The number of benzene rings is 2. The number of ether oxygens (including phenoxy) is 1. The first kappa shape index (κ1) is 14.2. The molecule has 2 aromatic rings. The fourth-order valence-corrected chi connectivity index (χ4v) is 1.78. The van der Waals surface area contributed by atoms with Gasteiger partial charge < -0.3 is 4.74 Å². The van der Waals surface area contributed by atoms with Gasteiger partial charge in [-0.15, -0.1) is 0 Å². The van der Waals surface area contributed by atoms with Gasteiger partial charge in [0.1, 0.15) is 12.2 Å². The number of carbonyl (C=O) groups excluding carboxylic acids is 1. The van der Waals surface area contributed by atoms with Crippen LogP contribution in [-0.4, -0.2) is 10.9 Å². The topological polar surface area (TPSA) is 93.2 Å². The molecular formula is C15H10N2O4. The number of para-hydroxylation sites is 1. The molecule has 21 heavy (non-hydrogen) atoms. The van der Waals surface area contributed by atoms with E-state index in [0.717, 1.165) is 0 Å². The Morgan fingerprint density at radius 2 is 1.86 bits per heavy atom. The molecule has 0 aromatic heterocycles. The molecule has 2 rings (SSSR count). The van der Waals surface area contributed by atoms with E-state index in [9.17, 15) is 14.9 Å². The van der Waals surface area contributed by atoms with E-state index in [4.69, 9.17) is 10.00 Å². The molecule has 0 aliphatic carbocycles. The Balaban J connectivity index is 2.16. The average molecular weight is 282 g/mol. The Morgan fingerprint density at radius 3 is 2.57 bits per heavy atom. The summed E-state index contributed by atoms with van der Waals surface area (Å²) in [5.74, 6) is -0.796. The molecule has 0 N–H and O–H groups in total. The molecule has 6 nitrogen and oxygen atoms in total. The van der Waals surface area contributed by atoms with Crippen molar-refractivity contribution in [3.05, 3.63) is 75.3 Å². The number of nitrogens with zero attached hydrogens (tertiary/aromatic N) is 2. The van der Waals surface area contributed by atoms with Crippen LogP contribution in [0.2, 0.25) is 0 Å². The number of esters is 1. The summed E-state index contributed by atoms with van der Waals surface area (Å²) in [4.78, 5) is 22.1. The largest absolute Gasteiger partial charge is 0.457 e. The summed E-state index contributed by atoms with van der Waals surface area (Å²) in [7, 11) is 0. The van der Waals surface area contributed by atoms with Crippen LogP contribution in [0.3, 0.4) is 0 Å². The first-order chi connectivity index (χ1) is 10.1. The fourth-order valence-electron chi connectivity index (χ4n) is 1.78. The van der Waals surface area contributed by atoms with Crippen molar-refractivity contribution in [1.82, 2.24) is 0 Å². The number of rotatable bonds is 4. The van der Waals surface area contributed by atoms with E-state index in [1.807, 2.05) is 6.07 Å². The van der Waals surface area contributed by atoms with Crippen LogP contribution in [0.15, 0.2) is 48.5 Å². The molecule has 0 saturated carbocycles. The number of hydrogen-bond acceptors (Lipinski definition) is 5. The van der Waals surface area contributed by atoms with Gasteiger partial charge in [-0.25, -0.2) is 4.79 Å². The van der Waals surface area contributed by atoms with Gasteiger partial charge in [-0.05, 0) is 12.1 Å². The van der Waals surface area contributed by atoms with Crippen molar-refractivity contribution in [1.29, 1.82) is 5.26 Å². The van der Waals surface area contributed by atoms with E-state index >= 15 is 0 Å². The number of nitro benzene ring substituents is 1. The maximum Gasteiger partial charge on any atom is 0.345 e. The number of carbonyl (C=O) groups is 1. The maximum absolute atomic E-state index is 11.9. The van der Waals surface area contributed by atoms with E-state index in [2.05, 4.69) is 0 Å². The molecular weight excluding hydrogens is 272 g/mol. The van der Waals surface area contributed by atoms with Gasteiger partial charge in [0, 0.05) is 11.6 Å². The molecule has 0 saturated heterocycles. The van der Waals surface area contributed by atoms with Crippen molar-refractivity contribution < 1.29 is 14.5 Å². The van der Waals surface area contributed by atoms with Gasteiger partial charge in [-0.3, -0.25) is 10.1 Å². The van der Waals surface area contributed by atoms with Crippen LogP contribution in [-0.2, 0) is 11.3 Å². The molecule has 0 aliphatic rings. The second-order valence-electron chi connectivity index (χ2n) is 4.12. The molecule has 0 amide bonds. The summed E-state index contributed by atoms with van der Waals surface area (Å²) in [6.45, 7) is -0.116. The van der Waals surface area contributed by atoms with Crippen molar-refractivity contribution in [3.63, 3.8) is 0 Å². The van der Waals surface area contributed by atoms with E-state index < -0.39 is 10.9 Å². The predicted molar refractivity (Wildman–Crippen MR) is 73.4 cm³/mol.